The summed E-state index contributed by atoms with van der Waals surface area (Å²) in [5, 5.41) is 0. The molecule has 0 aliphatic carbocycles. The predicted molar refractivity (Wildman–Crippen MR) is 84.7 cm³/mol. The highest BCUT2D eigenvalue weighted by Gasteiger charge is 2.17. The quantitative estimate of drug-likeness (QED) is 0.791. The third-order valence-corrected chi connectivity index (χ3v) is 2.95. The summed E-state index contributed by atoms with van der Waals surface area (Å²) in [4.78, 5) is 23.4. The molecule has 1 unspecified atom stereocenters. The Morgan fingerprint density at radius 2 is 1.71 bits per heavy atom. The van der Waals surface area contributed by atoms with E-state index in [4.69, 9.17) is 9.47 Å². The van der Waals surface area contributed by atoms with E-state index in [-0.39, 0.29) is 12.4 Å². The topological polar surface area (TPSA) is 76.7 Å². The molecule has 7 heteroatoms. The van der Waals surface area contributed by atoms with E-state index in [1.165, 1.54) is 25.1 Å². The largest absolute Gasteiger partial charge is 0.484 e. The molecule has 2 N–H and O–H groups in total. The lowest BCUT2D eigenvalue weighted by Gasteiger charge is -2.15. The number of hydrazine groups is 1. The molecule has 6 nitrogen and oxygen atoms in total. The van der Waals surface area contributed by atoms with Gasteiger partial charge in [0.2, 0.25) is 0 Å². The van der Waals surface area contributed by atoms with Gasteiger partial charge in [0.15, 0.2) is 24.3 Å². The van der Waals surface area contributed by atoms with Gasteiger partial charge in [-0.1, -0.05) is 30.3 Å². The van der Waals surface area contributed by atoms with Crippen molar-refractivity contribution in [1.82, 2.24) is 10.9 Å². The minimum atomic E-state index is -0.989. The van der Waals surface area contributed by atoms with Gasteiger partial charge < -0.3 is 9.47 Å². The molecule has 1 atom stereocenters. The maximum Gasteiger partial charge on any atom is 0.279 e. The number of hydrogen-bond acceptors (Lipinski definition) is 4. The first-order chi connectivity index (χ1) is 11.6. The molecule has 0 radical (unpaired) electrons. The monoisotopic (exact) mass is 332 g/mol. The Balaban J connectivity index is 1.73. The third-order valence-electron chi connectivity index (χ3n) is 2.95. The lowest BCUT2D eigenvalue weighted by Crippen LogP contribution is -2.48. The van der Waals surface area contributed by atoms with Gasteiger partial charge in [-0.2, -0.15) is 0 Å². The van der Waals surface area contributed by atoms with Crippen molar-refractivity contribution in [3.8, 4) is 11.5 Å². The average molecular weight is 332 g/mol. The molecule has 0 aliphatic rings. The molecule has 126 valence electrons. The van der Waals surface area contributed by atoms with E-state index in [2.05, 4.69) is 10.9 Å². The van der Waals surface area contributed by atoms with Crippen LogP contribution in [0.3, 0.4) is 0 Å². The molecule has 0 aromatic heterocycles. The number of ether oxygens (including phenoxy) is 2. The van der Waals surface area contributed by atoms with Crippen molar-refractivity contribution in [3.63, 3.8) is 0 Å². The molecule has 2 aromatic rings. The minimum Gasteiger partial charge on any atom is -0.484 e. The molecule has 0 fully saturated rings. The highest BCUT2D eigenvalue weighted by molar-refractivity contribution is 5.85. The molecule has 0 spiro atoms. The van der Waals surface area contributed by atoms with Crippen LogP contribution in [-0.2, 0) is 9.59 Å². The summed E-state index contributed by atoms with van der Waals surface area (Å²) in [6.45, 7) is 1.18. The van der Waals surface area contributed by atoms with Crippen molar-refractivity contribution in [2.24, 2.45) is 0 Å². The zero-order valence-electron chi connectivity index (χ0n) is 13.0. The number of carbonyl (C=O) groups excluding carboxylic acids is 2. The van der Waals surface area contributed by atoms with Gasteiger partial charge in [-0.05, 0) is 31.2 Å². The Kier molecular flexibility index (Phi) is 6.13. The summed E-state index contributed by atoms with van der Waals surface area (Å²) in [6.07, 6.45) is -0.989. The Hall–Kier alpha value is -3.09. The van der Waals surface area contributed by atoms with Crippen LogP contribution in [0.25, 0.3) is 0 Å². The number of halogens is 1. The van der Waals surface area contributed by atoms with Crippen LogP contribution in [0, 0.1) is 5.82 Å². The maximum atomic E-state index is 13.4. The van der Waals surface area contributed by atoms with Crippen LogP contribution in [-0.4, -0.2) is 24.5 Å². The molecule has 0 saturated heterocycles. The first kappa shape index (κ1) is 17.3. The smallest absolute Gasteiger partial charge is 0.279 e. The second-order valence-corrected chi connectivity index (χ2v) is 4.83. The average Bonchev–Trinajstić information content (AvgIpc) is 2.60. The molecule has 2 amide bonds. The van der Waals surface area contributed by atoms with Crippen LogP contribution in [0.1, 0.15) is 6.92 Å². The minimum absolute atomic E-state index is 0.0427. The van der Waals surface area contributed by atoms with E-state index in [0.29, 0.717) is 5.75 Å². The third kappa shape index (κ3) is 5.28. The van der Waals surface area contributed by atoms with Gasteiger partial charge in [-0.25, -0.2) is 4.39 Å². The van der Waals surface area contributed by atoms with Crippen molar-refractivity contribution in [1.29, 1.82) is 0 Å². The first-order valence-corrected chi connectivity index (χ1v) is 7.24. The molecule has 0 aliphatic heterocycles. The first-order valence-electron chi connectivity index (χ1n) is 7.24. The van der Waals surface area contributed by atoms with Crippen molar-refractivity contribution >= 4 is 11.8 Å². The number of hydrogen-bond donors (Lipinski definition) is 2. The molecule has 2 aromatic carbocycles. The summed E-state index contributed by atoms with van der Waals surface area (Å²) in [6, 6.07) is 14.5. The normalized spacial score (nSPS) is 11.2. The SMILES string of the molecule is CC(Oc1ccccc1F)C(=O)NNC(=O)COc1ccccc1. The number of rotatable bonds is 6. The van der Waals surface area contributed by atoms with E-state index in [0.717, 1.165) is 0 Å². The number of benzene rings is 2. The van der Waals surface area contributed by atoms with Gasteiger partial charge in [0.25, 0.3) is 11.8 Å². The molecule has 0 bridgehead atoms. The van der Waals surface area contributed by atoms with Gasteiger partial charge in [-0.15, -0.1) is 0 Å². The zero-order valence-corrected chi connectivity index (χ0v) is 13.0. The van der Waals surface area contributed by atoms with Crippen LogP contribution in [0.4, 0.5) is 4.39 Å². The number of amides is 2. The van der Waals surface area contributed by atoms with Crippen molar-refractivity contribution in [3.05, 3.63) is 60.4 Å². The molecule has 0 saturated carbocycles. The van der Waals surface area contributed by atoms with Crippen LogP contribution < -0.4 is 20.3 Å². The highest BCUT2D eigenvalue weighted by atomic mass is 19.1. The summed E-state index contributed by atoms with van der Waals surface area (Å²) < 4.78 is 23.9. The lowest BCUT2D eigenvalue weighted by atomic mass is 10.3. The molecule has 2 rings (SSSR count). The Bertz CT molecular complexity index is 694. The van der Waals surface area contributed by atoms with E-state index in [9.17, 15) is 14.0 Å². The maximum absolute atomic E-state index is 13.4. The summed E-state index contributed by atoms with van der Waals surface area (Å²) >= 11 is 0. The molecule has 24 heavy (non-hydrogen) atoms. The second kappa shape index (κ2) is 8.52. The Labute approximate surface area is 138 Å². The standard InChI is InChI=1S/C17H17FN2O4/c1-12(24-15-10-6-5-9-14(15)18)17(22)20-19-16(21)11-23-13-7-3-2-4-8-13/h2-10,12H,11H2,1H3,(H,19,21)(H,20,22). The zero-order chi connectivity index (χ0) is 17.4. The predicted octanol–water partition coefficient (Wildman–Crippen LogP) is 1.82. The van der Waals surface area contributed by atoms with E-state index in [1.807, 2.05) is 6.07 Å². The van der Waals surface area contributed by atoms with Gasteiger partial charge >= 0.3 is 0 Å². The fraction of sp³-hybridized carbons (Fsp3) is 0.176. The fourth-order valence-electron chi connectivity index (χ4n) is 1.72. The van der Waals surface area contributed by atoms with E-state index >= 15 is 0 Å². The van der Waals surface area contributed by atoms with Gasteiger partial charge in [0, 0.05) is 0 Å². The van der Waals surface area contributed by atoms with Crippen molar-refractivity contribution in [2.45, 2.75) is 13.0 Å². The fourth-order valence-corrected chi connectivity index (χ4v) is 1.72. The van der Waals surface area contributed by atoms with Crippen LogP contribution in [0.15, 0.2) is 54.6 Å². The van der Waals surface area contributed by atoms with Crippen molar-refractivity contribution < 1.29 is 23.5 Å². The van der Waals surface area contributed by atoms with Crippen LogP contribution >= 0.6 is 0 Å². The number of para-hydroxylation sites is 2. The summed E-state index contributed by atoms with van der Waals surface area (Å²) in [7, 11) is 0. The second-order valence-electron chi connectivity index (χ2n) is 4.83. The van der Waals surface area contributed by atoms with Gasteiger partial charge in [0.05, 0.1) is 0 Å². The summed E-state index contributed by atoms with van der Waals surface area (Å²) in [5.41, 5.74) is 4.39. The van der Waals surface area contributed by atoms with Crippen LogP contribution in [0.5, 0.6) is 11.5 Å². The number of nitrogens with one attached hydrogen (secondary N) is 2. The van der Waals surface area contributed by atoms with Crippen LogP contribution in [0.2, 0.25) is 0 Å². The van der Waals surface area contributed by atoms with E-state index in [1.54, 1.807) is 30.3 Å². The van der Waals surface area contributed by atoms with Gasteiger partial charge in [-0.3, -0.25) is 20.4 Å². The Morgan fingerprint density at radius 3 is 2.42 bits per heavy atom. The summed E-state index contributed by atoms with van der Waals surface area (Å²) in [5.74, 6) is -1.23. The molecule has 0 heterocycles. The van der Waals surface area contributed by atoms with Crippen molar-refractivity contribution in [2.75, 3.05) is 6.61 Å². The Morgan fingerprint density at radius 1 is 1.04 bits per heavy atom. The molecular formula is C17H17FN2O4. The molecular weight excluding hydrogens is 315 g/mol. The lowest BCUT2D eigenvalue weighted by molar-refractivity contribution is -0.133. The van der Waals surface area contributed by atoms with E-state index < -0.39 is 23.7 Å². The number of carbonyl (C=O) groups is 2. The highest BCUT2D eigenvalue weighted by Crippen LogP contribution is 2.16. The van der Waals surface area contributed by atoms with Gasteiger partial charge in [0.1, 0.15) is 5.75 Å².